The molecule has 1 amide bonds. The van der Waals surface area contributed by atoms with Crippen LogP contribution in [0, 0.1) is 5.92 Å². The van der Waals surface area contributed by atoms with E-state index in [0.29, 0.717) is 31.2 Å². The largest absolute Gasteiger partial charge is 0.447 e. The van der Waals surface area contributed by atoms with Crippen LogP contribution >= 0.6 is 0 Å². The summed E-state index contributed by atoms with van der Waals surface area (Å²) in [4.78, 5) is 31.7. The minimum absolute atomic E-state index is 0.0277. The van der Waals surface area contributed by atoms with E-state index < -0.39 is 0 Å². The Bertz CT molecular complexity index is 1120. The van der Waals surface area contributed by atoms with Gasteiger partial charge in [0.15, 0.2) is 5.69 Å². The molecule has 7 heteroatoms. The van der Waals surface area contributed by atoms with Crippen LogP contribution in [0.15, 0.2) is 57.9 Å². The molecule has 1 saturated heterocycles. The van der Waals surface area contributed by atoms with E-state index >= 15 is 0 Å². The molecular formula is C22H22N4O3. The number of fused-ring (bicyclic) bond motifs is 4. The molecule has 0 aliphatic carbocycles. The minimum atomic E-state index is -0.141. The Labute approximate surface area is 167 Å². The van der Waals surface area contributed by atoms with Crippen molar-refractivity contribution in [2.45, 2.75) is 25.4 Å². The summed E-state index contributed by atoms with van der Waals surface area (Å²) in [6.45, 7) is 1.98. The number of hydrogen-bond acceptors (Lipinski definition) is 5. The Hall–Kier alpha value is -3.19. The molecule has 0 radical (unpaired) electrons. The topological polar surface area (TPSA) is 94.4 Å². The van der Waals surface area contributed by atoms with E-state index in [-0.39, 0.29) is 29.8 Å². The van der Waals surface area contributed by atoms with E-state index in [1.165, 1.54) is 6.26 Å². The number of aromatic nitrogens is 2. The van der Waals surface area contributed by atoms with E-state index in [4.69, 9.17) is 10.2 Å². The Balaban J connectivity index is 1.47. The number of pyridine rings is 1. The Kier molecular flexibility index (Phi) is 4.32. The smallest absolute Gasteiger partial charge is 0.275 e. The van der Waals surface area contributed by atoms with Gasteiger partial charge in [-0.25, -0.2) is 4.98 Å². The van der Waals surface area contributed by atoms with Gasteiger partial charge < -0.3 is 19.6 Å². The van der Waals surface area contributed by atoms with Crippen LogP contribution in [0.5, 0.6) is 0 Å². The number of piperidine rings is 1. The highest BCUT2D eigenvalue weighted by molar-refractivity contribution is 5.92. The van der Waals surface area contributed by atoms with Crippen molar-refractivity contribution in [2.24, 2.45) is 11.7 Å². The third kappa shape index (κ3) is 3.17. The molecule has 2 bridgehead atoms. The fourth-order valence-corrected chi connectivity index (χ4v) is 4.59. The number of hydrogen-bond donors (Lipinski definition) is 1. The molecule has 3 aromatic rings. The maximum Gasteiger partial charge on any atom is 0.275 e. The SMILES string of the molecule is NCc1nc(C(=O)N2C[C@@H]3C[C@H](C2)c2cc(-c4ccccc4)cc(=O)n2C3)co1. The molecule has 7 nitrogen and oxygen atoms in total. The van der Waals surface area contributed by atoms with Crippen LogP contribution in [0.2, 0.25) is 0 Å². The molecule has 2 N–H and O–H groups in total. The van der Waals surface area contributed by atoms with Gasteiger partial charge in [0.1, 0.15) is 6.26 Å². The molecular weight excluding hydrogens is 368 g/mol. The third-order valence-corrected chi connectivity index (χ3v) is 5.90. The van der Waals surface area contributed by atoms with Crippen LogP contribution in [0.25, 0.3) is 11.1 Å². The van der Waals surface area contributed by atoms with Gasteiger partial charge in [0.05, 0.1) is 6.54 Å². The normalized spacial score (nSPS) is 20.4. The van der Waals surface area contributed by atoms with Gasteiger partial charge in [0.2, 0.25) is 5.89 Å². The summed E-state index contributed by atoms with van der Waals surface area (Å²) >= 11 is 0. The first-order valence-corrected chi connectivity index (χ1v) is 9.86. The lowest BCUT2D eigenvalue weighted by Crippen LogP contribution is -2.49. The first-order valence-electron chi connectivity index (χ1n) is 9.86. The number of nitrogens with two attached hydrogens (primary N) is 1. The summed E-state index contributed by atoms with van der Waals surface area (Å²) in [5, 5.41) is 0. The van der Waals surface area contributed by atoms with Crippen LogP contribution in [0.4, 0.5) is 0 Å². The maximum absolute atomic E-state index is 12.9. The maximum atomic E-state index is 12.9. The van der Waals surface area contributed by atoms with Crippen molar-refractivity contribution in [1.82, 2.24) is 14.5 Å². The number of rotatable bonds is 3. The van der Waals surface area contributed by atoms with Gasteiger partial charge in [-0.2, -0.15) is 0 Å². The summed E-state index contributed by atoms with van der Waals surface area (Å²) in [7, 11) is 0. The van der Waals surface area contributed by atoms with E-state index in [0.717, 1.165) is 23.2 Å². The number of oxazole rings is 1. The second-order valence-electron chi connectivity index (χ2n) is 7.82. The average molecular weight is 390 g/mol. The van der Waals surface area contributed by atoms with E-state index in [2.05, 4.69) is 11.1 Å². The molecule has 0 saturated carbocycles. The number of benzene rings is 1. The molecule has 2 aliphatic heterocycles. The van der Waals surface area contributed by atoms with Crippen LogP contribution < -0.4 is 11.3 Å². The molecule has 148 valence electrons. The minimum Gasteiger partial charge on any atom is -0.447 e. The summed E-state index contributed by atoms with van der Waals surface area (Å²) in [5.74, 6) is 0.600. The fourth-order valence-electron chi connectivity index (χ4n) is 4.59. The van der Waals surface area contributed by atoms with Gasteiger partial charge in [0.25, 0.3) is 11.5 Å². The molecule has 29 heavy (non-hydrogen) atoms. The van der Waals surface area contributed by atoms with Gasteiger partial charge in [-0.05, 0) is 29.5 Å². The quantitative estimate of drug-likeness (QED) is 0.740. The molecule has 2 aromatic heterocycles. The lowest BCUT2D eigenvalue weighted by Gasteiger charge is -2.42. The molecule has 1 aromatic carbocycles. The van der Waals surface area contributed by atoms with Crippen LogP contribution in [0.3, 0.4) is 0 Å². The van der Waals surface area contributed by atoms with Gasteiger partial charge in [0, 0.05) is 37.3 Å². The lowest BCUT2D eigenvalue weighted by atomic mass is 9.82. The fraction of sp³-hybridized carbons (Fsp3) is 0.318. The lowest BCUT2D eigenvalue weighted by molar-refractivity contribution is 0.0589. The summed E-state index contributed by atoms with van der Waals surface area (Å²) in [6.07, 6.45) is 2.36. The third-order valence-electron chi connectivity index (χ3n) is 5.90. The predicted octanol–water partition coefficient (Wildman–Crippen LogP) is 2.22. The zero-order valence-corrected chi connectivity index (χ0v) is 16.0. The van der Waals surface area contributed by atoms with E-state index in [9.17, 15) is 9.59 Å². The monoisotopic (exact) mass is 390 g/mol. The Morgan fingerprint density at radius 2 is 1.97 bits per heavy atom. The van der Waals surface area contributed by atoms with E-state index in [1.54, 1.807) is 6.07 Å². The zero-order valence-electron chi connectivity index (χ0n) is 16.0. The molecule has 2 atom stereocenters. The summed E-state index contributed by atoms with van der Waals surface area (Å²) in [6, 6.07) is 13.7. The second kappa shape index (κ2) is 7.00. The first-order chi connectivity index (χ1) is 14.1. The number of carbonyl (C=O) groups is 1. The zero-order chi connectivity index (χ0) is 20.0. The number of carbonyl (C=O) groups excluding carboxylic acids is 1. The average Bonchev–Trinajstić information content (AvgIpc) is 3.23. The van der Waals surface area contributed by atoms with Crippen LogP contribution in [0.1, 0.15) is 34.4 Å². The molecule has 4 heterocycles. The van der Waals surface area contributed by atoms with Crippen LogP contribution in [-0.2, 0) is 13.1 Å². The highest BCUT2D eigenvalue weighted by Crippen LogP contribution is 2.37. The van der Waals surface area contributed by atoms with Crippen molar-refractivity contribution < 1.29 is 9.21 Å². The second-order valence-corrected chi connectivity index (χ2v) is 7.82. The number of likely N-dealkylation sites (tertiary alicyclic amines) is 1. The van der Waals surface area contributed by atoms with Crippen molar-refractivity contribution in [3.63, 3.8) is 0 Å². The van der Waals surface area contributed by atoms with Crippen molar-refractivity contribution >= 4 is 5.91 Å². The van der Waals surface area contributed by atoms with Crippen LogP contribution in [-0.4, -0.2) is 33.4 Å². The van der Waals surface area contributed by atoms with Crippen molar-refractivity contribution in [3.8, 4) is 11.1 Å². The van der Waals surface area contributed by atoms with Gasteiger partial charge >= 0.3 is 0 Å². The van der Waals surface area contributed by atoms with Crippen molar-refractivity contribution in [3.05, 3.63) is 76.4 Å². The number of amides is 1. The summed E-state index contributed by atoms with van der Waals surface area (Å²) < 4.78 is 7.11. The van der Waals surface area contributed by atoms with Gasteiger partial charge in [-0.15, -0.1) is 0 Å². The number of nitrogens with zero attached hydrogens (tertiary/aromatic N) is 3. The predicted molar refractivity (Wildman–Crippen MR) is 107 cm³/mol. The molecule has 1 fully saturated rings. The molecule has 0 spiro atoms. The van der Waals surface area contributed by atoms with Crippen molar-refractivity contribution in [1.29, 1.82) is 0 Å². The van der Waals surface area contributed by atoms with Gasteiger partial charge in [-0.1, -0.05) is 30.3 Å². The highest BCUT2D eigenvalue weighted by Gasteiger charge is 2.37. The van der Waals surface area contributed by atoms with E-state index in [1.807, 2.05) is 39.8 Å². The molecule has 0 unspecified atom stereocenters. The summed E-state index contributed by atoms with van der Waals surface area (Å²) in [5.41, 5.74) is 8.81. The highest BCUT2D eigenvalue weighted by atomic mass is 16.3. The molecule has 2 aliphatic rings. The Morgan fingerprint density at radius 1 is 1.14 bits per heavy atom. The van der Waals surface area contributed by atoms with Crippen molar-refractivity contribution in [2.75, 3.05) is 13.1 Å². The van der Waals surface area contributed by atoms with Gasteiger partial charge in [-0.3, -0.25) is 9.59 Å². The first kappa shape index (κ1) is 17.9. The standard InChI is InChI=1S/C22H22N4O3/c23-9-20-24-18(13-29-20)22(28)25-10-14-6-17(12-25)19-7-16(8-21(27)26(19)11-14)15-4-2-1-3-5-15/h1-5,7-8,13-14,17H,6,9-12,23H2/t14-,17+/m0/s1. The Morgan fingerprint density at radius 3 is 2.72 bits per heavy atom. The molecule has 5 rings (SSSR count).